The van der Waals surface area contributed by atoms with Crippen LogP contribution in [-0.2, 0) is 6.54 Å². The number of hydrogen-bond acceptors (Lipinski definition) is 3. The number of aromatic hydroxyl groups is 1. The summed E-state index contributed by atoms with van der Waals surface area (Å²) in [7, 11) is 0. The summed E-state index contributed by atoms with van der Waals surface area (Å²) < 4.78 is 1.86. The highest BCUT2D eigenvalue weighted by atomic mass is 16.3. The van der Waals surface area contributed by atoms with Crippen LogP contribution in [0.25, 0.3) is 22.0 Å². The molecule has 1 aliphatic rings. The van der Waals surface area contributed by atoms with E-state index in [4.69, 9.17) is 0 Å². The Morgan fingerprint density at radius 1 is 1.09 bits per heavy atom. The fourth-order valence-electron chi connectivity index (χ4n) is 3.37. The summed E-state index contributed by atoms with van der Waals surface area (Å²) in [6.45, 7) is 4.18. The van der Waals surface area contributed by atoms with Crippen LogP contribution >= 0.6 is 0 Å². The minimum absolute atomic E-state index is 0.106. The van der Waals surface area contributed by atoms with Gasteiger partial charge in [0.1, 0.15) is 0 Å². The minimum atomic E-state index is 0.106. The Morgan fingerprint density at radius 2 is 1.96 bits per heavy atom. The monoisotopic (exact) mass is 310 g/mol. The summed E-state index contributed by atoms with van der Waals surface area (Å²) in [6, 6.07) is 8.19. The molecule has 0 unspecified atom stereocenters. The van der Waals surface area contributed by atoms with Crippen molar-refractivity contribution in [2.45, 2.75) is 25.8 Å². The van der Waals surface area contributed by atoms with Crippen LogP contribution in [0.3, 0.4) is 0 Å². The number of nitrogens with one attached hydrogen (secondary N) is 1. The lowest BCUT2D eigenvalue weighted by Gasteiger charge is -2.26. The number of piperidine rings is 1. The van der Waals surface area contributed by atoms with Crippen LogP contribution < -0.4 is 0 Å². The van der Waals surface area contributed by atoms with Crippen LogP contribution in [0.4, 0.5) is 0 Å². The Labute approximate surface area is 135 Å². The molecule has 0 amide bonds. The molecule has 2 aromatic heterocycles. The zero-order valence-electron chi connectivity index (χ0n) is 13.2. The van der Waals surface area contributed by atoms with Gasteiger partial charge in [0.05, 0.1) is 12.1 Å². The first-order valence-corrected chi connectivity index (χ1v) is 8.36. The van der Waals surface area contributed by atoms with Gasteiger partial charge >= 0.3 is 0 Å². The highest BCUT2D eigenvalue weighted by Gasteiger charge is 2.13. The van der Waals surface area contributed by atoms with E-state index in [0.29, 0.717) is 0 Å². The predicted octanol–water partition coefficient (Wildman–Crippen LogP) is 3.22. The van der Waals surface area contributed by atoms with Crippen LogP contribution in [-0.4, -0.2) is 44.4 Å². The zero-order valence-corrected chi connectivity index (χ0v) is 13.2. The van der Waals surface area contributed by atoms with Crippen molar-refractivity contribution in [1.82, 2.24) is 19.7 Å². The maximum absolute atomic E-state index is 10.2. The summed E-state index contributed by atoms with van der Waals surface area (Å²) in [5, 5.41) is 15.6. The van der Waals surface area contributed by atoms with Crippen molar-refractivity contribution in [3.63, 3.8) is 0 Å². The normalized spacial score (nSPS) is 16.2. The number of H-pyrrole nitrogens is 1. The van der Waals surface area contributed by atoms with Crippen molar-refractivity contribution in [1.29, 1.82) is 0 Å². The van der Waals surface area contributed by atoms with Gasteiger partial charge in [0, 0.05) is 24.5 Å². The molecule has 3 aromatic rings. The Morgan fingerprint density at radius 3 is 2.83 bits per heavy atom. The van der Waals surface area contributed by atoms with E-state index < -0.39 is 0 Å². The minimum Gasteiger partial charge on any atom is -0.492 e. The Hall–Kier alpha value is -2.27. The van der Waals surface area contributed by atoms with Crippen LogP contribution in [0, 0.1) is 0 Å². The molecule has 0 saturated carbocycles. The zero-order chi connectivity index (χ0) is 15.6. The molecule has 5 nitrogen and oxygen atoms in total. The van der Waals surface area contributed by atoms with Gasteiger partial charge in [-0.1, -0.05) is 18.6 Å². The molecule has 0 radical (unpaired) electrons. The summed E-state index contributed by atoms with van der Waals surface area (Å²) >= 11 is 0. The van der Waals surface area contributed by atoms with Gasteiger partial charge in [-0.15, -0.1) is 5.10 Å². The average Bonchev–Trinajstić information content (AvgIpc) is 3.19. The molecule has 0 bridgehead atoms. The average molecular weight is 310 g/mol. The molecule has 4 rings (SSSR count). The first-order chi connectivity index (χ1) is 11.3. The predicted molar refractivity (Wildman–Crippen MR) is 91.5 cm³/mol. The van der Waals surface area contributed by atoms with Gasteiger partial charge in [0.2, 0.25) is 5.88 Å². The van der Waals surface area contributed by atoms with E-state index in [1.165, 1.54) is 37.7 Å². The number of aromatic nitrogens is 3. The molecule has 120 valence electrons. The molecular formula is C18H22N4O. The van der Waals surface area contributed by atoms with E-state index in [1.807, 2.05) is 29.2 Å². The van der Waals surface area contributed by atoms with E-state index in [1.54, 1.807) is 0 Å². The smallest absolute Gasteiger partial charge is 0.238 e. The lowest BCUT2D eigenvalue weighted by Crippen LogP contribution is -2.32. The summed E-state index contributed by atoms with van der Waals surface area (Å²) in [4.78, 5) is 5.69. The third kappa shape index (κ3) is 2.97. The molecule has 3 heterocycles. The van der Waals surface area contributed by atoms with Gasteiger partial charge in [0.25, 0.3) is 0 Å². The molecule has 0 spiro atoms. The lowest BCUT2D eigenvalue weighted by atomic mass is 10.1. The Kier molecular flexibility index (Phi) is 3.79. The number of nitrogens with zero attached hydrogens (tertiary/aromatic N) is 3. The van der Waals surface area contributed by atoms with Crippen molar-refractivity contribution in [3.05, 3.63) is 36.7 Å². The second kappa shape index (κ2) is 6.08. The lowest BCUT2D eigenvalue weighted by molar-refractivity contribution is 0.217. The molecule has 1 fully saturated rings. The van der Waals surface area contributed by atoms with Gasteiger partial charge in [0.15, 0.2) is 0 Å². The maximum atomic E-state index is 10.2. The van der Waals surface area contributed by atoms with Gasteiger partial charge < -0.3 is 15.0 Å². The van der Waals surface area contributed by atoms with E-state index in [0.717, 1.165) is 29.7 Å². The number of likely N-dealkylation sites (tertiary alicyclic amines) is 1. The Bertz CT molecular complexity index is 798. The van der Waals surface area contributed by atoms with E-state index in [-0.39, 0.29) is 5.88 Å². The molecule has 23 heavy (non-hydrogen) atoms. The van der Waals surface area contributed by atoms with Gasteiger partial charge in [-0.25, -0.2) is 0 Å². The van der Waals surface area contributed by atoms with Crippen LogP contribution in [0.1, 0.15) is 19.3 Å². The molecule has 0 atom stereocenters. The summed E-state index contributed by atoms with van der Waals surface area (Å²) in [5.74, 6) is 0.106. The van der Waals surface area contributed by atoms with Gasteiger partial charge in [-0.3, -0.25) is 4.68 Å². The van der Waals surface area contributed by atoms with Crippen LogP contribution in [0.5, 0.6) is 5.88 Å². The number of rotatable bonds is 4. The van der Waals surface area contributed by atoms with Crippen molar-refractivity contribution >= 4 is 10.9 Å². The molecule has 0 aliphatic carbocycles. The highest BCUT2D eigenvalue weighted by Crippen LogP contribution is 2.30. The first-order valence-electron chi connectivity index (χ1n) is 8.36. The van der Waals surface area contributed by atoms with E-state index in [2.05, 4.69) is 27.1 Å². The number of hydrogen-bond donors (Lipinski definition) is 2. The molecule has 5 heteroatoms. The standard InChI is InChI=1S/C18H22N4O/c23-18-16(15-5-4-14-6-7-19-17(14)12-15)13-22(20-18)11-10-21-8-2-1-3-9-21/h4-7,12-13,19H,1-3,8-11H2,(H,20,23). The van der Waals surface area contributed by atoms with Crippen molar-refractivity contribution in [2.24, 2.45) is 0 Å². The fourth-order valence-corrected chi connectivity index (χ4v) is 3.37. The van der Waals surface area contributed by atoms with Crippen LogP contribution in [0.15, 0.2) is 36.7 Å². The Balaban J connectivity index is 1.51. The molecule has 1 aliphatic heterocycles. The third-order valence-electron chi connectivity index (χ3n) is 4.70. The van der Waals surface area contributed by atoms with E-state index >= 15 is 0 Å². The molecule has 1 aromatic carbocycles. The SMILES string of the molecule is Oc1nn(CCN2CCCCC2)cc1-c1ccc2cc[nH]c2c1. The third-order valence-corrected chi connectivity index (χ3v) is 4.70. The second-order valence-electron chi connectivity index (χ2n) is 6.31. The number of aromatic amines is 1. The highest BCUT2D eigenvalue weighted by molar-refractivity contribution is 5.85. The number of benzene rings is 1. The van der Waals surface area contributed by atoms with E-state index in [9.17, 15) is 5.11 Å². The van der Waals surface area contributed by atoms with Gasteiger partial charge in [-0.2, -0.15) is 0 Å². The summed E-state index contributed by atoms with van der Waals surface area (Å²) in [5.41, 5.74) is 2.85. The largest absolute Gasteiger partial charge is 0.492 e. The maximum Gasteiger partial charge on any atom is 0.238 e. The topological polar surface area (TPSA) is 57.1 Å². The molecule has 2 N–H and O–H groups in total. The fraction of sp³-hybridized carbons (Fsp3) is 0.389. The quantitative estimate of drug-likeness (QED) is 0.778. The van der Waals surface area contributed by atoms with Gasteiger partial charge in [-0.05, 0) is 49.0 Å². The first kappa shape index (κ1) is 14.3. The molecular weight excluding hydrogens is 288 g/mol. The van der Waals surface area contributed by atoms with Crippen molar-refractivity contribution in [3.8, 4) is 17.0 Å². The second-order valence-corrected chi connectivity index (χ2v) is 6.31. The summed E-state index contributed by atoms with van der Waals surface area (Å²) in [6.07, 6.45) is 7.82. The van der Waals surface area contributed by atoms with Crippen molar-refractivity contribution < 1.29 is 5.11 Å². The molecule has 1 saturated heterocycles. The number of fused-ring (bicyclic) bond motifs is 1. The van der Waals surface area contributed by atoms with Crippen molar-refractivity contribution in [2.75, 3.05) is 19.6 Å². The van der Waals surface area contributed by atoms with Crippen LogP contribution in [0.2, 0.25) is 0 Å².